The van der Waals surface area contributed by atoms with Crippen LogP contribution in [-0.2, 0) is 40.8 Å². The molecule has 71 heavy (non-hydrogen) atoms. The van der Waals surface area contributed by atoms with Gasteiger partial charge in [0, 0.05) is 63.6 Å². The molecule has 0 unspecified atom stereocenters. The summed E-state index contributed by atoms with van der Waals surface area (Å²) in [6, 6.07) is 59.9. The van der Waals surface area contributed by atoms with Gasteiger partial charge in [-0.2, -0.15) is 35.0 Å². The molecule has 1 aromatic heterocycles. The van der Waals surface area contributed by atoms with E-state index in [0.717, 1.165) is 55.9 Å². The van der Waals surface area contributed by atoms with E-state index in [9.17, 15) is 5.26 Å². The van der Waals surface area contributed by atoms with Crippen LogP contribution in [0.5, 0.6) is 0 Å². The summed E-state index contributed by atoms with van der Waals surface area (Å²) >= 11 is 0. The minimum Gasteiger partial charge on any atom is -0.518 e. The van der Waals surface area contributed by atoms with Crippen LogP contribution in [0.15, 0.2) is 171 Å². The molecule has 8 aromatic rings. The van der Waals surface area contributed by atoms with Crippen molar-refractivity contribution in [3.63, 3.8) is 0 Å². The van der Waals surface area contributed by atoms with E-state index in [1.54, 1.807) is 0 Å². The molecule has 12 heteroatoms. The topological polar surface area (TPSA) is 54.6 Å². The Balaban J connectivity index is 0.00000291. The number of fused-ring (bicyclic) bond motifs is 3. The Morgan fingerprint density at radius 2 is 0.662 bits per heavy atom. The van der Waals surface area contributed by atoms with Crippen LogP contribution in [0.25, 0.3) is 27.5 Å². The van der Waals surface area contributed by atoms with E-state index in [0.29, 0.717) is 22.6 Å². The first-order chi connectivity index (χ1) is 33.7. The molecule has 4 aliphatic rings. The molecular formula is C59H44N10Pd2-8. The van der Waals surface area contributed by atoms with Crippen LogP contribution in [0.4, 0.5) is 45.5 Å². The third-order valence-corrected chi connectivity index (χ3v) is 12.8. The van der Waals surface area contributed by atoms with E-state index < -0.39 is 0 Å². The van der Waals surface area contributed by atoms with Crippen LogP contribution in [0, 0.1) is 90.0 Å². The van der Waals surface area contributed by atoms with Crippen LogP contribution >= 0.6 is 0 Å². The van der Waals surface area contributed by atoms with Crippen molar-refractivity contribution in [1.29, 1.82) is 5.26 Å². The Labute approximate surface area is 443 Å². The van der Waals surface area contributed by atoms with Crippen LogP contribution in [0.2, 0.25) is 0 Å². The second-order valence-electron chi connectivity index (χ2n) is 17.6. The first-order valence-corrected chi connectivity index (χ1v) is 22.8. The zero-order valence-corrected chi connectivity index (χ0v) is 42.2. The summed E-state index contributed by atoms with van der Waals surface area (Å²) in [6.45, 7) is 16.5. The van der Waals surface area contributed by atoms with Gasteiger partial charge in [0.15, 0.2) is 0 Å². The number of anilines is 8. The Morgan fingerprint density at radius 1 is 0.366 bits per heavy atom. The summed E-state index contributed by atoms with van der Waals surface area (Å²) in [7, 11) is 0. The zero-order chi connectivity index (χ0) is 46.8. The standard InChI is InChI=1S/C59H44N10.2Pd/c1-42-5-13-46(14-6-42)61-25-27-65(38-61)50-21-23-53-54-24-22-51(66-28-26-62(39-66)47-15-7-43(2)8-16-47)34-59(54)69(58(53)33-50)52-35-56(67-31-29-63(40-67)48-17-9-44(3)10-18-48)55(37-60)57(36-52)68-32-30-64(41-68)49-19-11-45(4)12-20-49;;/h5-32,38-41H,1-4H3;;/q-8;;. The van der Waals surface area contributed by atoms with Crippen molar-refractivity contribution in [2.45, 2.75) is 27.7 Å². The summed E-state index contributed by atoms with van der Waals surface area (Å²) < 4.78 is 2.13. The second-order valence-corrected chi connectivity index (χ2v) is 17.6. The first-order valence-electron chi connectivity index (χ1n) is 22.8. The number of rotatable bonds is 9. The van der Waals surface area contributed by atoms with Crippen LogP contribution in [0.3, 0.4) is 0 Å². The van der Waals surface area contributed by atoms with Crippen molar-refractivity contribution in [3.8, 4) is 11.8 Å². The van der Waals surface area contributed by atoms with Crippen molar-refractivity contribution >= 4 is 67.3 Å². The minimum atomic E-state index is 0. The van der Waals surface area contributed by atoms with Crippen LogP contribution in [0.1, 0.15) is 27.8 Å². The summed E-state index contributed by atoms with van der Waals surface area (Å²) in [4.78, 5) is 16.4. The molecule has 5 heterocycles. The molecule has 358 valence electrons. The third kappa shape index (κ3) is 8.89. The van der Waals surface area contributed by atoms with E-state index in [4.69, 9.17) is 0 Å². The maximum atomic E-state index is 11.2. The third-order valence-electron chi connectivity index (χ3n) is 12.8. The summed E-state index contributed by atoms with van der Waals surface area (Å²) in [5, 5.41) is 13.1. The molecular weight excluding hydrogens is 1060 g/mol. The van der Waals surface area contributed by atoms with E-state index in [1.165, 1.54) is 22.3 Å². The maximum Gasteiger partial charge on any atom is 0.0124 e. The summed E-state index contributed by atoms with van der Waals surface area (Å²) in [5.41, 5.74) is 14.4. The molecule has 10 nitrogen and oxygen atoms in total. The number of aryl methyl sites for hydroxylation is 4. The SMILES string of the molecule is Cc1ccc(N2C=CN(c3[c-]c4c(cc3)c3ccc(N5C=CN(c6ccc(C)cc6)[CH-]5)[c-]c3n4-c3[c-]c(N4C=CN(c5ccc(C)cc5)[CH-]4)c(C#N)c(N4C=CN(c5ccc(C)cc5)[CH-]4)[c-]3)[CH-]2)cc1.[Pd].[Pd]. The molecule has 0 amide bonds. The summed E-state index contributed by atoms with van der Waals surface area (Å²) in [5.74, 6) is 0. The normalized spacial score (nSPS) is 15.0. The van der Waals surface area contributed by atoms with Gasteiger partial charge in [0.25, 0.3) is 0 Å². The van der Waals surface area contributed by atoms with Crippen LogP contribution in [-0.4, -0.2) is 4.57 Å². The van der Waals surface area contributed by atoms with E-state index >= 15 is 0 Å². The Kier molecular flexibility index (Phi) is 12.9. The van der Waals surface area contributed by atoms with E-state index in [2.05, 4.69) is 229 Å². The molecule has 12 rings (SSSR count). The average Bonchev–Trinajstić information content (AvgIpc) is 4.25. The molecule has 0 radical (unpaired) electrons. The molecule has 4 aliphatic heterocycles. The quantitative estimate of drug-likeness (QED) is 0.104. The molecule has 0 N–H and O–H groups in total. The van der Waals surface area contributed by atoms with E-state index in [-0.39, 0.29) is 40.8 Å². The average molecular weight is 1110 g/mol. The Hall–Kier alpha value is -7.49. The molecule has 0 bridgehead atoms. The molecule has 0 spiro atoms. The minimum absolute atomic E-state index is 0. The number of aromatic nitrogens is 1. The van der Waals surface area contributed by atoms with Crippen molar-refractivity contribution in [1.82, 2.24) is 4.57 Å². The van der Waals surface area contributed by atoms with Crippen molar-refractivity contribution < 1.29 is 40.8 Å². The Morgan fingerprint density at radius 3 is 0.986 bits per heavy atom. The fourth-order valence-corrected chi connectivity index (χ4v) is 8.91. The van der Waals surface area contributed by atoms with Crippen molar-refractivity contribution in [2.75, 3.05) is 39.2 Å². The van der Waals surface area contributed by atoms with Crippen molar-refractivity contribution in [3.05, 3.63) is 250 Å². The van der Waals surface area contributed by atoms with Gasteiger partial charge in [-0.25, -0.2) is 22.3 Å². The predicted octanol–water partition coefficient (Wildman–Crippen LogP) is 12.8. The molecule has 0 fully saturated rings. The van der Waals surface area contributed by atoms with Crippen molar-refractivity contribution in [2.24, 2.45) is 0 Å². The molecule has 0 atom stereocenters. The van der Waals surface area contributed by atoms with Gasteiger partial charge in [0.05, 0.1) is 0 Å². The number of nitriles is 1. The van der Waals surface area contributed by atoms with Gasteiger partial charge in [0.1, 0.15) is 0 Å². The number of hydrogen-bond donors (Lipinski definition) is 0. The van der Waals surface area contributed by atoms with Gasteiger partial charge in [0.2, 0.25) is 0 Å². The molecule has 0 saturated carbocycles. The molecule has 0 saturated heterocycles. The predicted molar refractivity (Wildman–Crippen MR) is 279 cm³/mol. The van der Waals surface area contributed by atoms with Crippen LogP contribution < -0.4 is 39.2 Å². The van der Waals surface area contributed by atoms with Gasteiger partial charge in [-0.3, -0.25) is 0 Å². The molecule has 0 aliphatic carbocycles. The molecule has 7 aromatic carbocycles. The second kappa shape index (κ2) is 19.4. The largest absolute Gasteiger partial charge is 0.518 e. The van der Waals surface area contributed by atoms with Gasteiger partial charge in [-0.15, -0.1) is 55.7 Å². The Bertz CT molecular complexity index is 3230. The first kappa shape index (κ1) is 47.2. The maximum absolute atomic E-state index is 11.2. The summed E-state index contributed by atoms with van der Waals surface area (Å²) in [6.07, 6.45) is 16.1. The van der Waals surface area contributed by atoms with Gasteiger partial charge in [-0.1, -0.05) is 81.8 Å². The van der Waals surface area contributed by atoms with Gasteiger partial charge >= 0.3 is 0 Å². The number of nitrogens with zero attached hydrogens (tertiary/aromatic N) is 10. The van der Waals surface area contributed by atoms with E-state index in [1.807, 2.05) is 70.1 Å². The van der Waals surface area contributed by atoms with Gasteiger partial charge in [-0.05, 0) is 132 Å². The monoisotopic (exact) mass is 1100 g/mol. The fraction of sp³-hybridized carbons (Fsp3) is 0.0678. The number of benzene rings is 7. The number of hydrogen-bond acceptors (Lipinski definition) is 9. The fourth-order valence-electron chi connectivity index (χ4n) is 8.91. The van der Waals surface area contributed by atoms with Gasteiger partial charge < -0.3 is 55.9 Å². The smallest absolute Gasteiger partial charge is 0.0124 e. The zero-order valence-electron chi connectivity index (χ0n) is 39.1.